The van der Waals surface area contributed by atoms with Gasteiger partial charge in [0.05, 0.1) is 0 Å². The van der Waals surface area contributed by atoms with Gasteiger partial charge in [0, 0.05) is 35.9 Å². The summed E-state index contributed by atoms with van der Waals surface area (Å²) < 4.78 is 0. The van der Waals surface area contributed by atoms with Crippen molar-refractivity contribution >= 4 is 22.2 Å². The largest absolute Gasteiger partial charge is 0.318 e. The minimum Gasteiger partial charge on any atom is -0.318 e. The van der Waals surface area contributed by atoms with Crippen molar-refractivity contribution in [1.29, 1.82) is 0 Å². The maximum absolute atomic E-state index is 4.64. The average molecular weight is 285 g/mol. The van der Waals surface area contributed by atoms with Crippen molar-refractivity contribution in [2.75, 3.05) is 11.4 Å². The summed E-state index contributed by atoms with van der Waals surface area (Å²) in [4.78, 5) is 8.36. The van der Waals surface area contributed by atoms with Gasteiger partial charge in [-0.1, -0.05) is 18.2 Å². The summed E-state index contributed by atoms with van der Waals surface area (Å²) >= 11 is 1.83. The summed E-state index contributed by atoms with van der Waals surface area (Å²) in [7, 11) is 0. The molecule has 0 unspecified atom stereocenters. The molecule has 1 N–H and O–H groups in total. The molecule has 2 aliphatic rings. The molecule has 4 rings (SSSR count). The second-order valence-electron chi connectivity index (χ2n) is 5.65. The van der Waals surface area contributed by atoms with Crippen LogP contribution in [0.25, 0.3) is 0 Å². The van der Waals surface area contributed by atoms with E-state index in [4.69, 9.17) is 0 Å². The van der Waals surface area contributed by atoms with Crippen LogP contribution in [-0.4, -0.2) is 17.6 Å². The van der Waals surface area contributed by atoms with Crippen molar-refractivity contribution in [3.8, 4) is 0 Å². The van der Waals surface area contributed by atoms with Gasteiger partial charge in [-0.2, -0.15) is 0 Å². The zero-order valence-electron chi connectivity index (χ0n) is 11.5. The average Bonchev–Trinajstić information content (AvgIpc) is 3.21. The number of aryl methyl sites for hydroxylation is 1. The Kier molecular flexibility index (Phi) is 3.20. The number of nitrogens with one attached hydrogen (secondary N) is 1. The van der Waals surface area contributed by atoms with Crippen LogP contribution in [-0.2, 0) is 13.0 Å². The van der Waals surface area contributed by atoms with Crippen LogP contribution < -0.4 is 10.2 Å². The molecule has 0 atom stereocenters. The maximum atomic E-state index is 4.64. The SMILES string of the molecule is c1ccc2c(c1)CCCN2c1ncc(CNC2CC2)s1. The quantitative estimate of drug-likeness (QED) is 0.932. The highest BCUT2D eigenvalue weighted by Crippen LogP contribution is 2.35. The highest BCUT2D eigenvalue weighted by molar-refractivity contribution is 7.15. The molecule has 3 nitrogen and oxygen atoms in total. The molecule has 1 aliphatic heterocycles. The Morgan fingerprint density at radius 1 is 1.30 bits per heavy atom. The van der Waals surface area contributed by atoms with E-state index in [1.54, 1.807) is 0 Å². The Balaban J connectivity index is 1.55. The van der Waals surface area contributed by atoms with Gasteiger partial charge in [-0.3, -0.25) is 0 Å². The van der Waals surface area contributed by atoms with Gasteiger partial charge in [0.25, 0.3) is 0 Å². The van der Waals surface area contributed by atoms with Crippen molar-refractivity contribution in [1.82, 2.24) is 10.3 Å². The number of nitrogens with zero attached hydrogens (tertiary/aromatic N) is 2. The topological polar surface area (TPSA) is 28.2 Å². The molecule has 0 saturated heterocycles. The van der Waals surface area contributed by atoms with Crippen LogP contribution in [0.2, 0.25) is 0 Å². The van der Waals surface area contributed by atoms with E-state index in [-0.39, 0.29) is 0 Å². The second-order valence-corrected chi connectivity index (χ2v) is 6.74. The first-order chi connectivity index (χ1) is 9.90. The lowest BCUT2D eigenvalue weighted by molar-refractivity contribution is 0.694. The molecule has 0 spiro atoms. The Bertz CT molecular complexity index is 603. The number of aromatic nitrogens is 1. The number of thiazole rings is 1. The predicted octanol–water partition coefficient (Wildman–Crippen LogP) is 3.48. The first kappa shape index (κ1) is 12.4. The first-order valence-corrected chi connectivity index (χ1v) is 8.25. The van der Waals surface area contributed by atoms with Gasteiger partial charge in [-0.25, -0.2) is 4.98 Å². The standard InChI is InChI=1S/C16H19N3S/c1-2-6-15-12(4-1)5-3-9-19(15)16-18-11-14(20-16)10-17-13-7-8-13/h1-2,4,6,11,13,17H,3,5,7-10H2. The lowest BCUT2D eigenvalue weighted by Gasteiger charge is -2.28. The molecule has 2 aromatic rings. The first-order valence-electron chi connectivity index (χ1n) is 7.44. The molecule has 0 bridgehead atoms. The Morgan fingerprint density at radius 2 is 2.20 bits per heavy atom. The molecule has 20 heavy (non-hydrogen) atoms. The molecule has 2 heterocycles. The van der Waals surface area contributed by atoms with Gasteiger partial charge < -0.3 is 10.2 Å². The lowest BCUT2D eigenvalue weighted by Crippen LogP contribution is -2.24. The number of hydrogen-bond donors (Lipinski definition) is 1. The van der Waals surface area contributed by atoms with Gasteiger partial charge in [-0.15, -0.1) is 11.3 Å². The van der Waals surface area contributed by atoms with Gasteiger partial charge in [0.1, 0.15) is 0 Å². The lowest BCUT2D eigenvalue weighted by atomic mass is 10.0. The van der Waals surface area contributed by atoms with Crippen LogP contribution in [0.15, 0.2) is 30.5 Å². The second kappa shape index (κ2) is 5.19. The number of para-hydroxylation sites is 1. The number of fused-ring (bicyclic) bond motifs is 1. The molecular weight excluding hydrogens is 266 g/mol. The number of benzene rings is 1. The summed E-state index contributed by atoms with van der Waals surface area (Å²) in [6.45, 7) is 2.05. The third-order valence-corrected chi connectivity index (χ3v) is 5.05. The minimum atomic E-state index is 0.760. The number of anilines is 2. The molecule has 1 aliphatic carbocycles. The van der Waals surface area contributed by atoms with Crippen LogP contribution in [0.4, 0.5) is 10.8 Å². The minimum absolute atomic E-state index is 0.760. The summed E-state index contributed by atoms with van der Waals surface area (Å²) in [5, 5.41) is 4.70. The Labute approximate surface area is 123 Å². The highest BCUT2D eigenvalue weighted by atomic mass is 32.1. The van der Waals surface area contributed by atoms with E-state index in [2.05, 4.69) is 39.5 Å². The molecule has 1 aromatic carbocycles. The maximum Gasteiger partial charge on any atom is 0.190 e. The van der Waals surface area contributed by atoms with Crippen molar-refractivity contribution in [2.45, 2.75) is 38.3 Å². The third kappa shape index (κ3) is 2.45. The van der Waals surface area contributed by atoms with Gasteiger partial charge in [0.2, 0.25) is 0 Å². The Hall–Kier alpha value is -1.39. The predicted molar refractivity (Wildman–Crippen MR) is 83.7 cm³/mol. The molecule has 104 valence electrons. The van der Waals surface area contributed by atoms with Crippen molar-refractivity contribution < 1.29 is 0 Å². The molecular formula is C16H19N3S. The van der Waals surface area contributed by atoms with Crippen molar-refractivity contribution in [3.05, 3.63) is 40.9 Å². The van der Waals surface area contributed by atoms with Crippen LogP contribution in [0, 0.1) is 0 Å². The zero-order chi connectivity index (χ0) is 13.4. The van der Waals surface area contributed by atoms with Gasteiger partial charge in [0.15, 0.2) is 5.13 Å². The molecule has 1 saturated carbocycles. The molecule has 0 amide bonds. The number of hydrogen-bond acceptors (Lipinski definition) is 4. The van der Waals surface area contributed by atoms with E-state index < -0.39 is 0 Å². The van der Waals surface area contributed by atoms with Crippen LogP contribution in [0.3, 0.4) is 0 Å². The van der Waals surface area contributed by atoms with E-state index in [0.29, 0.717) is 0 Å². The molecule has 4 heteroatoms. The normalized spacial score (nSPS) is 18.1. The monoisotopic (exact) mass is 285 g/mol. The fourth-order valence-electron chi connectivity index (χ4n) is 2.77. The Morgan fingerprint density at radius 3 is 3.10 bits per heavy atom. The molecule has 1 fully saturated rings. The van der Waals surface area contributed by atoms with E-state index >= 15 is 0 Å². The van der Waals surface area contributed by atoms with E-state index in [0.717, 1.165) is 24.3 Å². The van der Waals surface area contributed by atoms with Gasteiger partial charge >= 0.3 is 0 Å². The van der Waals surface area contributed by atoms with Crippen molar-refractivity contribution in [2.24, 2.45) is 0 Å². The third-order valence-electron chi connectivity index (χ3n) is 4.02. The summed E-state index contributed by atoms with van der Waals surface area (Å²) in [6.07, 6.45) is 7.11. The fraction of sp³-hybridized carbons (Fsp3) is 0.438. The smallest absolute Gasteiger partial charge is 0.190 e. The zero-order valence-corrected chi connectivity index (χ0v) is 12.3. The van der Waals surface area contributed by atoms with Gasteiger partial charge in [-0.05, 0) is 37.3 Å². The highest BCUT2D eigenvalue weighted by Gasteiger charge is 2.22. The van der Waals surface area contributed by atoms with E-state index in [1.807, 2.05) is 17.5 Å². The van der Waals surface area contributed by atoms with E-state index in [9.17, 15) is 0 Å². The number of rotatable bonds is 4. The summed E-state index contributed by atoms with van der Waals surface area (Å²) in [5.41, 5.74) is 2.79. The van der Waals surface area contributed by atoms with Crippen molar-refractivity contribution in [3.63, 3.8) is 0 Å². The van der Waals surface area contributed by atoms with Crippen LogP contribution in [0.5, 0.6) is 0 Å². The van der Waals surface area contributed by atoms with E-state index in [1.165, 1.54) is 41.8 Å². The summed E-state index contributed by atoms with van der Waals surface area (Å²) in [6, 6.07) is 9.48. The summed E-state index contributed by atoms with van der Waals surface area (Å²) in [5.74, 6) is 0. The van der Waals surface area contributed by atoms with Crippen LogP contribution in [0.1, 0.15) is 29.7 Å². The fourth-order valence-corrected chi connectivity index (χ4v) is 3.67. The molecule has 1 aromatic heterocycles. The van der Waals surface area contributed by atoms with Crippen LogP contribution >= 0.6 is 11.3 Å². The molecule has 0 radical (unpaired) electrons.